The van der Waals surface area contributed by atoms with E-state index in [4.69, 9.17) is 5.21 Å². The lowest BCUT2D eigenvalue weighted by Gasteiger charge is -2.22. The van der Waals surface area contributed by atoms with Crippen molar-refractivity contribution in [3.8, 4) is 0 Å². The SMILES string of the molecule is C/C(=N\O)C1=CCCN(C)C1. The highest BCUT2D eigenvalue weighted by Gasteiger charge is 2.10. The molecule has 1 rings (SSSR count). The normalized spacial score (nSPS) is 21.6. The summed E-state index contributed by atoms with van der Waals surface area (Å²) in [5.41, 5.74) is 1.87. The first-order valence-corrected chi connectivity index (χ1v) is 3.80. The Hall–Kier alpha value is -0.830. The van der Waals surface area contributed by atoms with Crippen LogP contribution in [0.25, 0.3) is 0 Å². The van der Waals surface area contributed by atoms with Gasteiger partial charge in [0.25, 0.3) is 0 Å². The van der Waals surface area contributed by atoms with E-state index in [0.29, 0.717) is 0 Å². The lowest BCUT2D eigenvalue weighted by atomic mass is 10.1. The zero-order chi connectivity index (χ0) is 8.27. The molecule has 0 spiro atoms. The minimum absolute atomic E-state index is 0.733. The number of hydrogen-bond acceptors (Lipinski definition) is 3. The fraction of sp³-hybridized carbons (Fsp3) is 0.625. The first-order chi connectivity index (χ1) is 5.24. The number of hydrogen-bond donors (Lipinski definition) is 1. The van der Waals surface area contributed by atoms with Gasteiger partial charge in [-0.1, -0.05) is 11.2 Å². The van der Waals surface area contributed by atoms with Gasteiger partial charge in [-0.2, -0.15) is 0 Å². The van der Waals surface area contributed by atoms with Crippen LogP contribution in [0.15, 0.2) is 16.8 Å². The minimum Gasteiger partial charge on any atom is -0.411 e. The van der Waals surface area contributed by atoms with Crippen LogP contribution in [0.4, 0.5) is 0 Å². The summed E-state index contributed by atoms with van der Waals surface area (Å²) in [5, 5.41) is 11.7. The van der Waals surface area contributed by atoms with Crippen molar-refractivity contribution >= 4 is 5.71 Å². The third kappa shape index (κ3) is 2.05. The van der Waals surface area contributed by atoms with Gasteiger partial charge in [-0.05, 0) is 26.0 Å². The molecular formula is C8H14N2O. The molecule has 62 valence electrons. The molecule has 1 aliphatic rings. The Bertz CT molecular complexity index is 196. The highest BCUT2D eigenvalue weighted by atomic mass is 16.4. The monoisotopic (exact) mass is 154 g/mol. The van der Waals surface area contributed by atoms with Crippen molar-refractivity contribution in [3.63, 3.8) is 0 Å². The van der Waals surface area contributed by atoms with E-state index in [0.717, 1.165) is 30.8 Å². The Kier molecular flexibility index (Phi) is 2.65. The van der Waals surface area contributed by atoms with Crippen LogP contribution in [0.3, 0.4) is 0 Å². The van der Waals surface area contributed by atoms with Crippen LogP contribution in [0.5, 0.6) is 0 Å². The largest absolute Gasteiger partial charge is 0.411 e. The smallest absolute Gasteiger partial charge is 0.0806 e. The van der Waals surface area contributed by atoms with Gasteiger partial charge >= 0.3 is 0 Å². The maximum atomic E-state index is 8.50. The molecule has 0 unspecified atom stereocenters. The second-order valence-electron chi connectivity index (χ2n) is 2.94. The zero-order valence-corrected chi connectivity index (χ0v) is 7.04. The molecule has 1 heterocycles. The fourth-order valence-corrected chi connectivity index (χ4v) is 1.22. The van der Waals surface area contributed by atoms with Gasteiger partial charge in [0.05, 0.1) is 5.71 Å². The molecule has 3 heteroatoms. The minimum atomic E-state index is 0.733. The molecule has 0 aromatic heterocycles. The van der Waals surface area contributed by atoms with Crippen molar-refractivity contribution in [2.45, 2.75) is 13.3 Å². The van der Waals surface area contributed by atoms with Gasteiger partial charge in [0.2, 0.25) is 0 Å². The molecule has 1 N–H and O–H groups in total. The summed E-state index contributed by atoms with van der Waals surface area (Å²) in [7, 11) is 2.07. The summed E-state index contributed by atoms with van der Waals surface area (Å²) >= 11 is 0. The van der Waals surface area contributed by atoms with E-state index in [-0.39, 0.29) is 0 Å². The van der Waals surface area contributed by atoms with Crippen LogP contribution >= 0.6 is 0 Å². The average molecular weight is 154 g/mol. The summed E-state index contributed by atoms with van der Waals surface area (Å²) in [4.78, 5) is 2.21. The lowest BCUT2D eigenvalue weighted by molar-refractivity contribution is 0.316. The molecule has 0 aromatic carbocycles. The number of oxime groups is 1. The topological polar surface area (TPSA) is 35.8 Å². The number of likely N-dealkylation sites (N-methyl/N-ethyl adjacent to an activating group) is 1. The van der Waals surface area contributed by atoms with Crippen molar-refractivity contribution in [2.24, 2.45) is 5.16 Å². The maximum absolute atomic E-state index is 8.50. The molecule has 0 fully saturated rings. The van der Waals surface area contributed by atoms with E-state index in [9.17, 15) is 0 Å². The van der Waals surface area contributed by atoms with Gasteiger partial charge < -0.3 is 10.1 Å². The molecule has 11 heavy (non-hydrogen) atoms. The lowest BCUT2D eigenvalue weighted by Crippen LogP contribution is -2.27. The van der Waals surface area contributed by atoms with Crippen molar-refractivity contribution in [2.75, 3.05) is 20.1 Å². The van der Waals surface area contributed by atoms with Crippen molar-refractivity contribution in [1.82, 2.24) is 4.90 Å². The van der Waals surface area contributed by atoms with Crippen molar-refractivity contribution < 1.29 is 5.21 Å². The van der Waals surface area contributed by atoms with Crippen LogP contribution in [-0.2, 0) is 0 Å². The summed E-state index contributed by atoms with van der Waals surface area (Å²) in [6.07, 6.45) is 3.19. The molecule has 0 amide bonds. The Balaban J connectivity index is 2.65. The zero-order valence-electron chi connectivity index (χ0n) is 7.04. The third-order valence-corrected chi connectivity index (χ3v) is 1.96. The molecule has 0 saturated heterocycles. The third-order valence-electron chi connectivity index (χ3n) is 1.96. The molecule has 0 saturated carbocycles. The Morgan fingerprint density at radius 2 is 2.45 bits per heavy atom. The van der Waals surface area contributed by atoms with E-state index in [1.165, 1.54) is 0 Å². The summed E-state index contributed by atoms with van der Waals surface area (Å²) < 4.78 is 0. The fourth-order valence-electron chi connectivity index (χ4n) is 1.22. The Morgan fingerprint density at radius 3 is 3.00 bits per heavy atom. The molecule has 1 aliphatic heterocycles. The molecule has 0 aromatic rings. The first-order valence-electron chi connectivity index (χ1n) is 3.80. The van der Waals surface area contributed by atoms with Crippen LogP contribution in [0, 0.1) is 0 Å². The molecule has 0 atom stereocenters. The van der Waals surface area contributed by atoms with Gasteiger partial charge in [0.15, 0.2) is 0 Å². The second kappa shape index (κ2) is 3.53. The van der Waals surface area contributed by atoms with Gasteiger partial charge in [0, 0.05) is 13.1 Å². The highest BCUT2D eigenvalue weighted by molar-refractivity contribution is 5.98. The first kappa shape index (κ1) is 8.27. The van der Waals surface area contributed by atoms with E-state index in [1.807, 2.05) is 6.92 Å². The Morgan fingerprint density at radius 1 is 1.73 bits per heavy atom. The van der Waals surface area contributed by atoms with E-state index in [1.54, 1.807) is 0 Å². The van der Waals surface area contributed by atoms with Crippen LogP contribution in [-0.4, -0.2) is 36.0 Å². The van der Waals surface area contributed by atoms with Crippen molar-refractivity contribution in [3.05, 3.63) is 11.6 Å². The van der Waals surface area contributed by atoms with E-state index >= 15 is 0 Å². The summed E-state index contributed by atoms with van der Waals surface area (Å²) in [5.74, 6) is 0. The summed E-state index contributed by atoms with van der Waals surface area (Å²) in [6, 6.07) is 0. The van der Waals surface area contributed by atoms with Crippen LogP contribution < -0.4 is 0 Å². The van der Waals surface area contributed by atoms with E-state index < -0.39 is 0 Å². The second-order valence-corrected chi connectivity index (χ2v) is 2.94. The summed E-state index contributed by atoms with van der Waals surface area (Å²) in [6.45, 7) is 3.82. The number of rotatable bonds is 1. The highest BCUT2D eigenvalue weighted by Crippen LogP contribution is 2.08. The molecular weight excluding hydrogens is 140 g/mol. The van der Waals surface area contributed by atoms with Crippen LogP contribution in [0.1, 0.15) is 13.3 Å². The van der Waals surface area contributed by atoms with Crippen LogP contribution in [0.2, 0.25) is 0 Å². The predicted molar refractivity (Wildman–Crippen MR) is 45.1 cm³/mol. The molecule has 0 radical (unpaired) electrons. The van der Waals surface area contributed by atoms with Gasteiger partial charge in [-0.15, -0.1) is 0 Å². The van der Waals surface area contributed by atoms with Gasteiger partial charge in [-0.3, -0.25) is 0 Å². The quantitative estimate of drug-likeness (QED) is 0.349. The Labute approximate surface area is 67.0 Å². The molecule has 0 aliphatic carbocycles. The van der Waals surface area contributed by atoms with Gasteiger partial charge in [-0.25, -0.2) is 0 Å². The predicted octanol–water partition coefficient (Wildman–Crippen LogP) is 1.10. The molecule has 0 bridgehead atoms. The van der Waals surface area contributed by atoms with E-state index in [2.05, 4.69) is 23.2 Å². The standard InChI is InChI=1S/C8H14N2O/c1-7(9-11)8-4-3-5-10(2)6-8/h4,11H,3,5-6H2,1-2H3/b9-7+. The van der Waals surface area contributed by atoms with Crippen molar-refractivity contribution in [1.29, 1.82) is 0 Å². The van der Waals surface area contributed by atoms with Gasteiger partial charge in [0.1, 0.15) is 0 Å². The maximum Gasteiger partial charge on any atom is 0.0806 e. The average Bonchev–Trinajstić information content (AvgIpc) is 2.03. The number of nitrogens with zero attached hydrogens (tertiary/aromatic N) is 2. The molecule has 3 nitrogen and oxygen atoms in total.